The average Bonchev–Trinajstić information content (AvgIpc) is 3.04. The third-order valence-electron chi connectivity index (χ3n) is 7.84. The van der Waals surface area contributed by atoms with Gasteiger partial charge in [0, 0.05) is 0 Å². The van der Waals surface area contributed by atoms with Gasteiger partial charge in [-0.25, -0.2) is 0 Å². The van der Waals surface area contributed by atoms with E-state index in [4.69, 9.17) is 19.9 Å². The predicted octanol–water partition coefficient (Wildman–Crippen LogP) is 8.51. The van der Waals surface area contributed by atoms with Crippen LogP contribution >= 0.6 is 0 Å². The molecule has 0 unspecified atom stereocenters. The van der Waals surface area contributed by atoms with E-state index in [0.717, 1.165) is 56.1 Å². The maximum absolute atomic E-state index is 5.54. The van der Waals surface area contributed by atoms with Crippen molar-refractivity contribution < 1.29 is 14.2 Å². The highest BCUT2D eigenvalue weighted by molar-refractivity contribution is 5.98. The van der Waals surface area contributed by atoms with E-state index in [-0.39, 0.29) is 0 Å². The molecule has 0 saturated carbocycles. The molecule has 0 aliphatic rings. The van der Waals surface area contributed by atoms with Gasteiger partial charge in [0.15, 0.2) is 0 Å². The zero-order chi connectivity index (χ0) is 29.8. The standard InChI is InChI=1S/C37H52N2O3/c1-40-33-21-15-30(16-22-33)36(14-11-9-7-5-4-6-8-10-12-28-39-29-13-27-38)37(31-17-23-34(41-2)24-18-31)32-19-25-35(42-3)26-20-32/h15-26,39H,4-14,27-29,38H2,1-3H3. The Hall–Kier alpha value is -3.28. The zero-order valence-corrected chi connectivity index (χ0v) is 26.1. The molecule has 0 fully saturated rings. The number of nitrogens with one attached hydrogen (secondary N) is 1. The number of allylic oxidation sites excluding steroid dienone is 1. The Morgan fingerprint density at radius 3 is 1.31 bits per heavy atom. The van der Waals surface area contributed by atoms with Crippen molar-refractivity contribution in [3.63, 3.8) is 0 Å². The van der Waals surface area contributed by atoms with Crippen LogP contribution in [0.2, 0.25) is 0 Å². The normalized spacial score (nSPS) is 10.9. The summed E-state index contributed by atoms with van der Waals surface area (Å²) in [6, 6.07) is 25.3. The summed E-state index contributed by atoms with van der Waals surface area (Å²) in [4.78, 5) is 0. The van der Waals surface area contributed by atoms with E-state index in [0.29, 0.717) is 0 Å². The van der Waals surface area contributed by atoms with Gasteiger partial charge in [0.1, 0.15) is 17.2 Å². The molecule has 0 saturated heterocycles. The van der Waals surface area contributed by atoms with Gasteiger partial charge in [0.25, 0.3) is 0 Å². The summed E-state index contributed by atoms with van der Waals surface area (Å²) in [6.45, 7) is 2.95. The van der Waals surface area contributed by atoms with Crippen molar-refractivity contribution in [1.82, 2.24) is 5.32 Å². The van der Waals surface area contributed by atoms with Crippen molar-refractivity contribution in [3.05, 3.63) is 89.5 Å². The topological polar surface area (TPSA) is 65.7 Å². The van der Waals surface area contributed by atoms with Gasteiger partial charge < -0.3 is 25.3 Å². The van der Waals surface area contributed by atoms with Crippen molar-refractivity contribution in [3.8, 4) is 17.2 Å². The van der Waals surface area contributed by atoms with Crippen LogP contribution in [0.1, 0.15) is 87.3 Å². The van der Waals surface area contributed by atoms with Crippen LogP contribution in [0.3, 0.4) is 0 Å². The van der Waals surface area contributed by atoms with Gasteiger partial charge in [-0.2, -0.15) is 0 Å². The van der Waals surface area contributed by atoms with E-state index >= 15 is 0 Å². The summed E-state index contributed by atoms with van der Waals surface area (Å²) >= 11 is 0. The van der Waals surface area contributed by atoms with Crippen LogP contribution in [-0.4, -0.2) is 41.0 Å². The fraction of sp³-hybridized carbons (Fsp3) is 0.459. The molecule has 0 aliphatic carbocycles. The summed E-state index contributed by atoms with van der Waals surface area (Å²) < 4.78 is 16.4. The molecule has 3 aromatic rings. The molecule has 3 aromatic carbocycles. The molecule has 0 bridgehead atoms. The Morgan fingerprint density at radius 2 is 0.881 bits per heavy atom. The van der Waals surface area contributed by atoms with E-state index < -0.39 is 0 Å². The van der Waals surface area contributed by atoms with Crippen LogP contribution in [-0.2, 0) is 0 Å². The van der Waals surface area contributed by atoms with Crippen LogP contribution in [0.25, 0.3) is 11.1 Å². The van der Waals surface area contributed by atoms with E-state index in [2.05, 4.69) is 53.8 Å². The largest absolute Gasteiger partial charge is 0.497 e. The minimum Gasteiger partial charge on any atom is -0.497 e. The molecule has 0 aromatic heterocycles. The molecule has 0 atom stereocenters. The van der Waals surface area contributed by atoms with Crippen molar-refractivity contribution in [2.24, 2.45) is 5.73 Å². The number of rotatable bonds is 21. The monoisotopic (exact) mass is 572 g/mol. The van der Waals surface area contributed by atoms with E-state index in [1.54, 1.807) is 21.3 Å². The summed E-state index contributed by atoms with van der Waals surface area (Å²) in [5.74, 6) is 2.59. The molecule has 3 N–H and O–H groups in total. The van der Waals surface area contributed by atoms with Gasteiger partial charge in [-0.05, 0) is 110 Å². The third-order valence-corrected chi connectivity index (χ3v) is 7.84. The zero-order valence-electron chi connectivity index (χ0n) is 26.1. The molecular weight excluding hydrogens is 520 g/mol. The second-order valence-electron chi connectivity index (χ2n) is 10.9. The number of hydrogen-bond acceptors (Lipinski definition) is 5. The van der Waals surface area contributed by atoms with Gasteiger partial charge in [0.05, 0.1) is 21.3 Å². The fourth-order valence-corrected chi connectivity index (χ4v) is 5.38. The minimum atomic E-state index is 0.776. The molecule has 0 radical (unpaired) electrons. The van der Waals surface area contributed by atoms with Crippen LogP contribution < -0.4 is 25.3 Å². The first kappa shape index (κ1) is 33.2. The smallest absolute Gasteiger partial charge is 0.118 e. The van der Waals surface area contributed by atoms with Crippen molar-refractivity contribution in [1.29, 1.82) is 0 Å². The molecule has 0 aliphatic heterocycles. The number of unbranched alkanes of at least 4 members (excludes halogenated alkanes) is 8. The molecule has 5 heteroatoms. The van der Waals surface area contributed by atoms with Gasteiger partial charge in [-0.1, -0.05) is 81.3 Å². The third kappa shape index (κ3) is 11.2. The Morgan fingerprint density at radius 1 is 0.500 bits per heavy atom. The highest BCUT2D eigenvalue weighted by atomic mass is 16.5. The maximum atomic E-state index is 5.54. The van der Waals surface area contributed by atoms with Crippen LogP contribution in [0.15, 0.2) is 72.8 Å². The first-order chi connectivity index (χ1) is 20.7. The Labute approximate surface area is 254 Å². The van der Waals surface area contributed by atoms with Crippen LogP contribution in [0.5, 0.6) is 17.2 Å². The maximum Gasteiger partial charge on any atom is 0.118 e. The minimum absolute atomic E-state index is 0.776. The molecule has 228 valence electrons. The fourth-order valence-electron chi connectivity index (χ4n) is 5.38. The Bertz CT molecular complexity index is 1110. The number of benzene rings is 3. The van der Waals surface area contributed by atoms with E-state index in [1.165, 1.54) is 79.2 Å². The lowest BCUT2D eigenvalue weighted by atomic mass is 9.86. The molecule has 0 amide bonds. The van der Waals surface area contributed by atoms with Crippen molar-refractivity contribution in [2.75, 3.05) is 41.0 Å². The van der Waals surface area contributed by atoms with Crippen LogP contribution in [0.4, 0.5) is 0 Å². The van der Waals surface area contributed by atoms with Crippen LogP contribution in [0, 0.1) is 0 Å². The first-order valence-electron chi connectivity index (χ1n) is 15.8. The van der Waals surface area contributed by atoms with Crippen molar-refractivity contribution in [2.45, 2.75) is 70.6 Å². The number of ether oxygens (including phenoxy) is 3. The lowest BCUT2D eigenvalue weighted by Crippen LogP contribution is -2.19. The molecular formula is C37H52N2O3. The van der Waals surface area contributed by atoms with Gasteiger partial charge in [-0.3, -0.25) is 0 Å². The van der Waals surface area contributed by atoms with E-state index in [1.807, 2.05) is 24.3 Å². The first-order valence-corrected chi connectivity index (χ1v) is 15.8. The van der Waals surface area contributed by atoms with E-state index in [9.17, 15) is 0 Å². The van der Waals surface area contributed by atoms with Gasteiger partial charge in [0.2, 0.25) is 0 Å². The summed E-state index contributed by atoms with van der Waals surface area (Å²) in [7, 11) is 5.14. The summed E-state index contributed by atoms with van der Waals surface area (Å²) in [5.41, 5.74) is 11.7. The Kier molecular flexibility index (Phi) is 15.6. The number of hydrogen-bond donors (Lipinski definition) is 2. The predicted molar refractivity (Wildman–Crippen MR) is 178 cm³/mol. The quantitative estimate of drug-likeness (QED) is 0.0989. The average molecular weight is 573 g/mol. The lowest BCUT2D eigenvalue weighted by molar-refractivity contribution is 0.414. The number of nitrogens with two attached hydrogens (primary N) is 1. The highest BCUT2D eigenvalue weighted by Gasteiger charge is 2.15. The second kappa shape index (κ2) is 19.8. The molecule has 3 rings (SSSR count). The molecule has 42 heavy (non-hydrogen) atoms. The van der Waals surface area contributed by atoms with Gasteiger partial charge in [-0.15, -0.1) is 0 Å². The number of methoxy groups -OCH3 is 3. The molecule has 0 spiro atoms. The molecule has 5 nitrogen and oxygen atoms in total. The Balaban J connectivity index is 1.67. The summed E-state index contributed by atoms with van der Waals surface area (Å²) in [6.07, 6.45) is 13.7. The van der Waals surface area contributed by atoms with Gasteiger partial charge >= 0.3 is 0 Å². The molecule has 0 heterocycles. The van der Waals surface area contributed by atoms with Crippen molar-refractivity contribution >= 4 is 11.1 Å². The second-order valence-corrected chi connectivity index (χ2v) is 10.9. The highest BCUT2D eigenvalue weighted by Crippen LogP contribution is 2.37. The SMILES string of the molecule is COc1ccc(C(CCCCCCCCCCCNCCCN)=C(c2ccc(OC)cc2)c2ccc(OC)cc2)cc1. The summed E-state index contributed by atoms with van der Waals surface area (Å²) in [5, 5.41) is 3.48. The lowest BCUT2D eigenvalue weighted by Gasteiger charge is -2.18.